The first-order valence-electron chi connectivity index (χ1n) is 5.92. The summed E-state index contributed by atoms with van der Waals surface area (Å²) in [5.74, 6) is -0.428. The number of anilines is 1. The Balaban J connectivity index is 1.93. The number of carbonyl (C=O) groups excluding carboxylic acids is 1. The lowest BCUT2D eigenvalue weighted by molar-refractivity contribution is -0.182. The first-order chi connectivity index (χ1) is 10.3. The number of hydrogen-bond donors (Lipinski definition) is 1. The molecule has 0 spiro atoms. The van der Waals surface area contributed by atoms with Crippen LogP contribution in [0.5, 0.6) is 0 Å². The average Bonchev–Trinajstić information content (AvgIpc) is 2.95. The molecule has 2 aromatic heterocycles. The number of rotatable bonds is 5. The van der Waals surface area contributed by atoms with E-state index in [-0.39, 0.29) is 6.73 Å². The monoisotopic (exact) mass is 381 g/mol. The van der Waals surface area contributed by atoms with Gasteiger partial charge in [0.2, 0.25) is 0 Å². The second kappa shape index (κ2) is 6.48. The SMILES string of the molecule is Cn1ncc(Br)c1C(=O)Nc1cnn(COCC(F)(F)F)c1. The first kappa shape index (κ1) is 16.5. The molecule has 0 aliphatic rings. The van der Waals surface area contributed by atoms with Gasteiger partial charge in [0, 0.05) is 7.05 Å². The summed E-state index contributed by atoms with van der Waals surface area (Å²) in [6, 6.07) is 0. The number of hydrogen-bond acceptors (Lipinski definition) is 4. The summed E-state index contributed by atoms with van der Waals surface area (Å²) in [7, 11) is 1.61. The number of amides is 1. The number of aromatic nitrogens is 4. The molecule has 2 aromatic rings. The fraction of sp³-hybridized carbons (Fsp3) is 0.364. The molecule has 0 saturated carbocycles. The molecule has 0 aliphatic heterocycles. The molecule has 2 heterocycles. The van der Waals surface area contributed by atoms with E-state index in [1.54, 1.807) is 7.05 Å². The Hall–Kier alpha value is -1.88. The van der Waals surface area contributed by atoms with E-state index >= 15 is 0 Å². The molecule has 0 aromatic carbocycles. The molecule has 0 bridgehead atoms. The quantitative estimate of drug-likeness (QED) is 0.861. The number of halogens is 4. The molecule has 0 unspecified atom stereocenters. The van der Waals surface area contributed by atoms with Crippen LogP contribution in [0.1, 0.15) is 10.5 Å². The van der Waals surface area contributed by atoms with Crippen LogP contribution in [-0.4, -0.2) is 38.3 Å². The third kappa shape index (κ3) is 4.31. The molecule has 22 heavy (non-hydrogen) atoms. The number of alkyl halides is 3. The van der Waals surface area contributed by atoms with Crippen molar-refractivity contribution in [2.45, 2.75) is 12.9 Å². The van der Waals surface area contributed by atoms with Crippen LogP contribution in [0.3, 0.4) is 0 Å². The highest BCUT2D eigenvalue weighted by atomic mass is 79.9. The Labute approximate surface area is 131 Å². The average molecular weight is 382 g/mol. The van der Waals surface area contributed by atoms with Crippen LogP contribution < -0.4 is 5.32 Å². The number of nitrogens with zero attached hydrogens (tertiary/aromatic N) is 4. The summed E-state index contributed by atoms with van der Waals surface area (Å²) < 4.78 is 43.3. The molecular weight excluding hydrogens is 371 g/mol. The van der Waals surface area contributed by atoms with Crippen LogP contribution in [0.15, 0.2) is 23.1 Å². The minimum Gasteiger partial charge on any atom is -0.350 e. The number of ether oxygens (including phenoxy) is 1. The minimum atomic E-state index is -4.39. The summed E-state index contributed by atoms with van der Waals surface area (Å²) in [4.78, 5) is 12.1. The molecule has 1 amide bonds. The molecule has 0 fully saturated rings. The third-order valence-corrected chi connectivity index (χ3v) is 3.07. The first-order valence-corrected chi connectivity index (χ1v) is 6.71. The van der Waals surface area contributed by atoms with Gasteiger partial charge in [-0.1, -0.05) is 0 Å². The highest BCUT2D eigenvalue weighted by molar-refractivity contribution is 9.10. The molecule has 2 rings (SSSR count). The largest absolute Gasteiger partial charge is 0.411 e. The molecule has 0 saturated heterocycles. The van der Waals surface area contributed by atoms with Crippen LogP contribution in [0.2, 0.25) is 0 Å². The van der Waals surface area contributed by atoms with E-state index in [1.165, 1.54) is 23.3 Å². The fourth-order valence-corrected chi connectivity index (χ4v) is 2.14. The normalized spacial score (nSPS) is 11.7. The zero-order chi connectivity index (χ0) is 16.3. The summed E-state index contributed by atoms with van der Waals surface area (Å²) in [6.45, 7) is -1.73. The Morgan fingerprint density at radius 1 is 1.41 bits per heavy atom. The van der Waals surface area contributed by atoms with E-state index in [0.29, 0.717) is 15.9 Å². The van der Waals surface area contributed by atoms with Gasteiger partial charge in [-0.15, -0.1) is 0 Å². The van der Waals surface area contributed by atoms with E-state index in [9.17, 15) is 18.0 Å². The molecule has 120 valence electrons. The molecule has 0 atom stereocenters. The zero-order valence-electron chi connectivity index (χ0n) is 11.3. The highest BCUT2D eigenvalue weighted by Gasteiger charge is 2.27. The molecule has 0 radical (unpaired) electrons. The second-order valence-electron chi connectivity index (χ2n) is 4.28. The van der Waals surface area contributed by atoms with E-state index in [0.717, 1.165) is 4.68 Å². The maximum Gasteiger partial charge on any atom is 0.411 e. The predicted octanol–water partition coefficient (Wildman–Crippen LogP) is 2.17. The summed E-state index contributed by atoms with van der Waals surface area (Å²) in [5, 5.41) is 10.3. The van der Waals surface area contributed by atoms with E-state index in [1.807, 2.05) is 0 Å². The van der Waals surface area contributed by atoms with Crippen molar-refractivity contribution in [3.63, 3.8) is 0 Å². The lowest BCUT2D eigenvalue weighted by atomic mass is 10.4. The van der Waals surface area contributed by atoms with Crippen molar-refractivity contribution in [3.8, 4) is 0 Å². The summed E-state index contributed by atoms with van der Waals surface area (Å²) in [5.41, 5.74) is 0.634. The molecule has 0 aliphatic carbocycles. The van der Waals surface area contributed by atoms with Crippen molar-refractivity contribution in [1.82, 2.24) is 19.6 Å². The van der Waals surface area contributed by atoms with Gasteiger partial charge in [-0.05, 0) is 15.9 Å². The highest BCUT2D eigenvalue weighted by Crippen LogP contribution is 2.17. The van der Waals surface area contributed by atoms with Crippen LogP contribution in [0.4, 0.5) is 18.9 Å². The Morgan fingerprint density at radius 2 is 2.14 bits per heavy atom. The van der Waals surface area contributed by atoms with Crippen molar-refractivity contribution in [2.24, 2.45) is 7.05 Å². The molecule has 11 heteroatoms. The van der Waals surface area contributed by atoms with Gasteiger partial charge in [0.1, 0.15) is 19.0 Å². The zero-order valence-corrected chi connectivity index (χ0v) is 12.8. The van der Waals surface area contributed by atoms with Crippen LogP contribution in [-0.2, 0) is 18.5 Å². The molecular formula is C11H11BrF3N5O2. The Kier molecular flexibility index (Phi) is 4.86. The van der Waals surface area contributed by atoms with Crippen LogP contribution in [0.25, 0.3) is 0 Å². The summed E-state index contributed by atoms with van der Waals surface area (Å²) in [6.07, 6.45) is -0.253. The fourth-order valence-electron chi connectivity index (χ4n) is 1.61. The Bertz CT molecular complexity index is 647. The van der Waals surface area contributed by atoms with Crippen LogP contribution in [0, 0.1) is 0 Å². The maximum atomic E-state index is 12.1. The van der Waals surface area contributed by atoms with E-state index in [4.69, 9.17) is 0 Å². The van der Waals surface area contributed by atoms with Gasteiger partial charge >= 0.3 is 6.18 Å². The van der Waals surface area contributed by atoms with E-state index in [2.05, 4.69) is 36.2 Å². The third-order valence-electron chi connectivity index (χ3n) is 2.49. The number of carbonyl (C=O) groups is 1. The van der Waals surface area contributed by atoms with Gasteiger partial charge in [0.25, 0.3) is 5.91 Å². The lowest BCUT2D eigenvalue weighted by Gasteiger charge is -2.07. The van der Waals surface area contributed by atoms with Crippen molar-refractivity contribution in [3.05, 3.63) is 28.8 Å². The van der Waals surface area contributed by atoms with Gasteiger partial charge < -0.3 is 10.1 Å². The minimum absolute atomic E-state index is 0.307. The second-order valence-corrected chi connectivity index (χ2v) is 5.13. The smallest absolute Gasteiger partial charge is 0.350 e. The van der Waals surface area contributed by atoms with Crippen molar-refractivity contribution in [1.29, 1.82) is 0 Å². The van der Waals surface area contributed by atoms with Gasteiger partial charge in [-0.25, -0.2) is 4.68 Å². The van der Waals surface area contributed by atoms with Gasteiger partial charge in [-0.2, -0.15) is 23.4 Å². The van der Waals surface area contributed by atoms with Crippen molar-refractivity contribution < 1.29 is 22.7 Å². The molecule has 7 nitrogen and oxygen atoms in total. The van der Waals surface area contributed by atoms with Gasteiger partial charge in [-0.3, -0.25) is 9.48 Å². The van der Waals surface area contributed by atoms with Gasteiger partial charge in [0.15, 0.2) is 0 Å². The van der Waals surface area contributed by atoms with Gasteiger partial charge in [0.05, 0.1) is 28.8 Å². The standard InChI is InChI=1S/C11H11BrF3N5O2/c1-19-9(8(12)3-16-19)10(21)18-7-2-17-20(4-7)6-22-5-11(13,14)15/h2-4H,5-6H2,1H3,(H,18,21). The number of nitrogens with one attached hydrogen (secondary N) is 1. The maximum absolute atomic E-state index is 12.1. The topological polar surface area (TPSA) is 74.0 Å². The lowest BCUT2D eigenvalue weighted by Crippen LogP contribution is -2.18. The van der Waals surface area contributed by atoms with Crippen molar-refractivity contribution in [2.75, 3.05) is 11.9 Å². The van der Waals surface area contributed by atoms with E-state index < -0.39 is 18.7 Å². The predicted molar refractivity (Wildman–Crippen MR) is 73.1 cm³/mol. The summed E-state index contributed by atoms with van der Waals surface area (Å²) >= 11 is 3.20. The number of aryl methyl sites for hydroxylation is 1. The molecule has 1 N–H and O–H groups in total. The van der Waals surface area contributed by atoms with Crippen LogP contribution >= 0.6 is 15.9 Å². The Morgan fingerprint density at radius 3 is 2.73 bits per heavy atom. The van der Waals surface area contributed by atoms with Crippen molar-refractivity contribution >= 4 is 27.5 Å².